The van der Waals surface area contributed by atoms with Gasteiger partial charge < -0.3 is 30.0 Å². The van der Waals surface area contributed by atoms with Crippen LogP contribution in [0.25, 0.3) is 0 Å². The average Bonchev–Trinajstić information content (AvgIpc) is 3.40. The molecule has 1 aliphatic rings. The van der Waals surface area contributed by atoms with Gasteiger partial charge in [0.1, 0.15) is 6.54 Å². The lowest BCUT2D eigenvalue weighted by Crippen LogP contribution is -2.37. The maximum Gasteiger partial charge on any atom is 0.323 e. The van der Waals surface area contributed by atoms with Gasteiger partial charge in [-0.25, -0.2) is 0 Å². The van der Waals surface area contributed by atoms with Gasteiger partial charge in [0, 0.05) is 11.6 Å². The molecule has 3 N–H and O–H groups in total. The van der Waals surface area contributed by atoms with Gasteiger partial charge in [-0.3, -0.25) is 14.4 Å². The summed E-state index contributed by atoms with van der Waals surface area (Å²) in [7, 11) is 2.74. The van der Waals surface area contributed by atoms with E-state index >= 15 is 0 Å². The van der Waals surface area contributed by atoms with Crippen LogP contribution < -0.4 is 19.9 Å². The molecule has 2 rings (SSSR count). The predicted octanol–water partition coefficient (Wildman–Crippen LogP) is 0.257. The van der Waals surface area contributed by atoms with E-state index in [1.807, 2.05) is 0 Å². The molecule has 0 bridgehead atoms. The van der Waals surface area contributed by atoms with Crippen molar-refractivity contribution in [1.29, 1.82) is 0 Å². The van der Waals surface area contributed by atoms with Gasteiger partial charge >= 0.3 is 5.97 Å². The molecule has 1 aromatic rings. The molecule has 0 atom stereocenters. The van der Waals surface area contributed by atoms with E-state index in [1.54, 1.807) is 0 Å². The summed E-state index contributed by atoms with van der Waals surface area (Å²) in [6, 6.07) is 2.75. The molecule has 0 aromatic heterocycles. The highest BCUT2D eigenvalue weighted by Gasteiger charge is 2.35. The third-order valence-electron chi connectivity index (χ3n) is 3.62. The fraction of sp³-hybridized carbons (Fsp3) is 0.438. The van der Waals surface area contributed by atoms with E-state index in [0.717, 1.165) is 12.8 Å². The number of carboxylic acid groups (broad SMARTS) is 1. The van der Waals surface area contributed by atoms with E-state index < -0.39 is 17.8 Å². The standard InChI is InChI=1S/C16H20N2O7/c1-23-11-5-9(6-12(24-2)15(11)25-8-13(17)19)16(22)18(7-14(20)21)10-3-4-10/h5-6,10H,3-4,7-8H2,1-2H3,(H2,17,19)(H,20,21). The zero-order valence-electron chi connectivity index (χ0n) is 14.0. The Morgan fingerprint density at radius 1 is 1.20 bits per heavy atom. The van der Waals surface area contributed by atoms with Gasteiger partial charge in [0.2, 0.25) is 5.75 Å². The molecule has 1 saturated carbocycles. The zero-order chi connectivity index (χ0) is 18.6. The first-order valence-electron chi connectivity index (χ1n) is 7.57. The van der Waals surface area contributed by atoms with E-state index in [4.69, 9.17) is 25.1 Å². The number of rotatable bonds is 9. The van der Waals surface area contributed by atoms with E-state index in [-0.39, 0.29) is 42.0 Å². The summed E-state index contributed by atoms with van der Waals surface area (Å²) in [6.45, 7) is -0.763. The summed E-state index contributed by atoms with van der Waals surface area (Å²) in [4.78, 5) is 36.0. The SMILES string of the molecule is COc1cc(C(=O)N(CC(=O)O)C2CC2)cc(OC)c1OCC(N)=O. The lowest BCUT2D eigenvalue weighted by molar-refractivity contribution is -0.137. The van der Waals surface area contributed by atoms with Crippen LogP contribution in [0, 0.1) is 0 Å². The summed E-state index contributed by atoms with van der Waals surface area (Å²) in [6.07, 6.45) is 1.54. The molecule has 0 heterocycles. The predicted molar refractivity (Wildman–Crippen MR) is 85.9 cm³/mol. The first-order valence-corrected chi connectivity index (χ1v) is 7.57. The van der Waals surface area contributed by atoms with Gasteiger partial charge in [0.15, 0.2) is 18.1 Å². The Morgan fingerprint density at radius 3 is 2.16 bits per heavy atom. The van der Waals surface area contributed by atoms with Crippen LogP contribution in [-0.4, -0.2) is 61.2 Å². The van der Waals surface area contributed by atoms with Crippen molar-refractivity contribution in [2.75, 3.05) is 27.4 Å². The van der Waals surface area contributed by atoms with E-state index in [1.165, 1.54) is 31.3 Å². The Morgan fingerprint density at radius 2 is 1.76 bits per heavy atom. The number of carbonyl (C=O) groups is 3. The lowest BCUT2D eigenvalue weighted by atomic mass is 10.1. The van der Waals surface area contributed by atoms with Crippen molar-refractivity contribution in [3.8, 4) is 17.2 Å². The van der Waals surface area contributed by atoms with Crippen LogP contribution in [0.15, 0.2) is 12.1 Å². The summed E-state index contributed by atoms with van der Waals surface area (Å²) in [5, 5.41) is 9.02. The molecule has 0 saturated heterocycles. The van der Waals surface area contributed by atoms with Crippen LogP contribution in [0.4, 0.5) is 0 Å². The van der Waals surface area contributed by atoms with E-state index in [2.05, 4.69) is 0 Å². The van der Waals surface area contributed by atoms with Crippen molar-refractivity contribution >= 4 is 17.8 Å². The molecule has 1 aliphatic carbocycles. The average molecular weight is 352 g/mol. The smallest absolute Gasteiger partial charge is 0.323 e. The molecular weight excluding hydrogens is 332 g/mol. The molecule has 136 valence electrons. The Kier molecular flexibility index (Phi) is 5.68. The van der Waals surface area contributed by atoms with Crippen molar-refractivity contribution in [2.45, 2.75) is 18.9 Å². The number of amides is 2. The highest BCUT2D eigenvalue weighted by atomic mass is 16.5. The molecule has 2 amide bonds. The van der Waals surface area contributed by atoms with Crippen molar-refractivity contribution in [2.24, 2.45) is 5.73 Å². The van der Waals surface area contributed by atoms with Gasteiger partial charge in [-0.15, -0.1) is 0 Å². The molecule has 1 fully saturated rings. The number of ether oxygens (including phenoxy) is 3. The van der Waals surface area contributed by atoms with Crippen LogP contribution in [0.5, 0.6) is 17.2 Å². The maximum absolute atomic E-state index is 12.7. The minimum Gasteiger partial charge on any atom is -0.493 e. The summed E-state index contributed by atoms with van der Waals surface area (Å²) in [5.74, 6) is -1.71. The number of benzene rings is 1. The topological polar surface area (TPSA) is 128 Å². The monoisotopic (exact) mass is 352 g/mol. The number of nitrogens with two attached hydrogens (primary N) is 1. The number of carbonyl (C=O) groups excluding carboxylic acids is 2. The third kappa shape index (κ3) is 4.52. The third-order valence-corrected chi connectivity index (χ3v) is 3.62. The van der Waals surface area contributed by atoms with Crippen LogP contribution in [0.3, 0.4) is 0 Å². The fourth-order valence-electron chi connectivity index (χ4n) is 2.35. The van der Waals surface area contributed by atoms with Gasteiger partial charge in [0.05, 0.1) is 14.2 Å². The minimum atomic E-state index is -1.08. The number of hydrogen-bond donors (Lipinski definition) is 2. The number of hydrogen-bond acceptors (Lipinski definition) is 6. The first kappa shape index (κ1) is 18.4. The summed E-state index contributed by atoms with van der Waals surface area (Å²) < 4.78 is 15.7. The Balaban J connectivity index is 2.35. The van der Waals surface area contributed by atoms with Crippen molar-refractivity contribution in [3.05, 3.63) is 17.7 Å². The molecule has 0 aliphatic heterocycles. The molecule has 9 nitrogen and oxygen atoms in total. The van der Waals surface area contributed by atoms with Crippen molar-refractivity contribution in [1.82, 2.24) is 4.90 Å². The number of primary amides is 1. The van der Waals surface area contributed by atoms with Crippen LogP contribution >= 0.6 is 0 Å². The highest BCUT2D eigenvalue weighted by Crippen LogP contribution is 2.39. The van der Waals surface area contributed by atoms with Crippen molar-refractivity contribution in [3.63, 3.8) is 0 Å². The molecule has 25 heavy (non-hydrogen) atoms. The second-order valence-electron chi connectivity index (χ2n) is 5.52. The van der Waals surface area contributed by atoms with E-state index in [0.29, 0.717) is 0 Å². The number of aliphatic carboxylic acids is 1. The van der Waals surface area contributed by atoms with Gasteiger partial charge in [0.25, 0.3) is 11.8 Å². The number of methoxy groups -OCH3 is 2. The van der Waals surface area contributed by atoms with Gasteiger partial charge in [-0.1, -0.05) is 0 Å². The number of nitrogens with zero attached hydrogens (tertiary/aromatic N) is 1. The normalized spacial score (nSPS) is 13.0. The molecular formula is C16H20N2O7. The quantitative estimate of drug-likeness (QED) is 0.652. The molecule has 9 heteroatoms. The van der Waals surface area contributed by atoms with Crippen molar-refractivity contribution < 1.29 is 33.7 Å². The Hall–Kier alpha value is -2.97. The lowest BCUT2D eigenvalue weighted by Gasteiger charge is -2.21. The van der Waals surface area contributed by atoms with E-state index in [9.17, 15) is 14.4 Å². The highest BCUT2D eigenvalue weighted by molar-refractivity contribution is 5.97. The fourth-order valence-corrected chi connectivity index (χ4v) is 2.35. The molecule has 0 spiro atoms. The van der Waals surface area contributed by atoms with Crippen LogP contribution in [-0.2, 0) is 9.59 Å². The molecule has 0 unspecified atom stereocenters. The Labute approximate surface area is 144 Å². The number of carboxylic acids is 1. The van der Waals surface area contributed by atoms with Gasteiger partial charge in [-0.2, -0.15) is 0 Å². The van der Waals surface area contributed by atoms with Crippen LogP contribution in [0.1, 0.15) is 23.2 Å². The van der Waals surface area contributed by atoms with Gasteiger partial charge in [-0.05, 0) is 25.0 Å². The second-order valence-corrected chi connectivity index (χ2v) is 5.52. The second kappa shape index (κ2) is 7.73. The first-order chi connectivity index (χ1) is 11.9. The molecule has 1 aromatic carbocycles. The maximum atomic E-state index is 12.7. The summed E-state index contributed by atoms with van der Waals surface area (Å²) in [5.41, 5.74) is 5.27. The minimum absolute atomic E-state index is 0.0774. The van der Waals surface area contributed by atoms with Crippen LogP contribution in [0.2, 0.25) is 0 Å². The molecule has 0 radical (unpaired) electrons. The summed E-state index contributed by atoms with van der Waals surface area (Å²) >= 11 is 0. The largest absolute Gasteiger partial charge is 0.493 e. The zero-order valence-corrected chi connectivity index (χ0v) is 14.0. The Bertz CT molecular complexity index is 660.